The molecule has 0 amide bonds. The van der Waals surface area contributed by atoms with E-state index < -0.39 is 0 Å². The molecule has 0 saturated carbocycles. The van der Waals surface area contributed by atoms with Gasteiger partial charge in [0.05, 0.1) is 0 Å². The third kappa shape index (κ3) is 3.28. The van der Waals surface area contributed by atoms with Crippen molar-refractivity contribution in [2.75, 3.05) is 46.2 Å². The Morgan fingerprint density at radius 2 is 1.95 bits per heavy atom. The second-order valence-electron chi connectivity index (χ2n) is 5.87. The van der Waals surface area contributed by atoms with Crippen LogP contribution in [0.4, 0.5) is 5.69 Å². The van der Waals surface area contributed by atoms with Crippen LogP contribution >= 0.6 is 0 Å². The van der Waals surface area contributed by atoms with Gasteiger partial charge in [0.1, 0.15) is 0 Å². The van der Waals surface area contributed by atoms with Crippen molar-refractivity contribution in [1.29, 1.82) is 0 Å². The fourth-order valence-electron chi connectivity index (χ4n) is 3.23. The van der Waals surface area contributed by atoms with Gasteiger partial charge in [-0.05, 0) is 63.6 Å². The lowest BCUT2D eigenvalue weighted by molar-refractivity contribution is 0.121. The second kappa shape index (κ2) is 6.40. The van der Waals surface area contributed by atoms with Crippen LogP contribution in [0.2, 0.25) is 0 Å². The van der Waals surface area contributed by atoms with Crippen molar-refractivity contribution in [2.24, 2.45) is 5.92 Å². The van der Waals surface area contributed by atoms with Crippen LogP contribution in [-0.4, -0.2) is 46.2 Å². The lowest BCUT2D eigenvalue weighted by Gasteiger charge is -2.39. The topological polar surface area (TPSA) is 18.5 Å². The zero-order valence-electron chi connectivity index (χ0n) is 12.7. The summed E-state index contributed by atoms with van der Waals surface area (Å²) in [5, 5.41) is 3.35. The summed E-state index contributed by atoms with van der Waals surface area (Å²) in [5.41, 5.74) is 2.72. The Bertz CT molecular complexity index is 383. The van der Waals surface area contributed by atoms with Crippen molar-refractivity contribution in [1.82, 2.24) is 10.2 Å². The summed E-state index contributed by atoms with van der Waals surface area (Å²) in [6.07, 6.45) is 2.64. The van der Waals surface area contributed by atoms with E-state index in [9.17, 15) is 0 Å². The van der Waals surface area contributed by atoms with Gasteiger partial charge in [-0.3, -0.25) is 4.90 Å². The average molecular weight is 261 g/mol. The van der Waals surface area contributed by atoms with E-state index in [-0.39, 0.29) is 0 Å². The van der Waals surface area contributed by atoms with Crippen LogP contribution in [-0.2, 0) is 0 Å². The Kier molecular flexibility index (Phi) is 4.83. The van der Waals surface area contributed by atoms with Crippen LogP contribution in [0, 0.1) is 5.92 Å². The molecular weight excluding hydrogens is 234 g/mol. The van der Waals surface area contributed by atoms with Gasteiger partial charge in [0.2, 0.25) is 0 Å². The summed E-state index contributed by atoms with van der Waals surface area (Å²) < 4.78 is 0. The summed E-state index contributed by atoms with van der Waals surface area (Å²) in [5.74, 6) is 0.717. The molecule has 1 aromatic rings. The van der Waals surface area contributed by atoms with Gasteiger partial charge in [0.15, 0.2) is 0 Å². The molecule has 106 valence electrons. The quantitative estimate of drug-likeness (QED) is 0.897. The number of benzene rings is 1. The Morgan fingerprint density at radius 3 is 2.53 bits per heavy atom. The first kappa shape index (κ1) is 14.4. The number of rotatable bonds is 4. The molecule has 2 atom stereocenters. The van der Waals surface area contributed by atoms with E-state index >= 15 is 0 Å². The maximum absolute atomic E-state index is 3.35. The molecule has 0 aromatic heterocycles. The molecule has 1 aromatic carbocycles. The Labute approximate surface area is 117 Å². The van der Waals surface area contributed by atoms with Crippen LogP contribution in [0.5, 0.6) is 0 Å². The molecule has 2 rings (SSSR count). The van der Waals surface area contributed by atoms with Crippen LogP contribution in [0.1, 0.15) is 24.4 Å². The van der Waals surface area contributed by atoms with Gasteiger partial charge in [-0.15, -0.1) is 0 Å². The smallest absolute Gasteiger partial charge is 0.0385 e. The standard InChI is InChI=1S/C16H27N3/c1-17-12-14-6-5-11-19(4)16(14)13-7-9-15(10-8-13)18(2)3/h7-10,14,16-17H,5-6,11-12H2,1-4H3. The van der Waals surface area contributed by atoms with E-state index in [1.807, 2.05) is 0 Å². The molecule has 3 heteroatoms. The lowest BCUT2D eigenvalue weighted by atomic mass is 9.85. The highest BCUT2D eigenvalue weighted by atomic mass is 15.1. The highest BCUT2D eigenvalue weighted by molar-refractivity contribution is 5.46. The molecule has 3 nitrogen and oxygen atoms in total. The van der Waals surface area contributed by atoms with Crippen molar-refractivity contribution in [3.63, 3.8) is 0 Å². The molecule has 1 aliphatic rings. The van der Waals surface area contributed by atoms with Crippen molar-refractivity contribution in [3.05, 3.63) is 29.8 Å². The van der Waals surface area contributed by atoms with Gasteiger partial charge in [-0.1, -0.05) is 12.1 Å². The summed E-state index contributed by atoms with van der Waals surface area (Å²) in [6, 6.07) is 9.61. The molecule has 1 heterocycles. The van der Waals surface area contributed by atoms with E-state index in [0.29, 0.717) is 12.0 Å². The normalized spacial score (nSPS) is 24.4. The number of hydrogen-bond donors (Lipinski definition) is 1. The number of nitrogens with zero attached hydrogens (tertiary/aromatic N) is 2. The van der Waals surface area contributed by atoms with Crippen molar-refractivity contribution in [2.45, 2.75) is 18.9 Å². The van der Waals surface area contributed by atoms with E-state index in [2.05, 4.69) is 67.6 Å². The van der Waals surface area contributed by atoms with E-state index in [0.717, 1.165) is 6.54 Å². The molecule has 2 unspecified atom stereocenters. The summed E-state index contributed by atoms with van der Waals surface area (Å²) >= 11 is 0. The molecule has 19 heavy (non-hydrogen) atoms. The highest BCUT2D eigenvalue weighted by Crippen LogP contribution is 2.35. The lowest BCUT2D eigenvalue weighted by Crippen LogP contribution is -2.39. The third-order valence-corrected chi connectivity index (χ3v) is 4.22. The van der Waals surface area contributed by atoms with Crippen molar-refractivity contribution in [3.8, 4) is 0 Å². The van der Waals surface area contributed by atoms with Gasteiger partial charge in [0.25, 0.3) is 0 Å². The van der Waals surface area contributed by atoms with Gasteiger partial charge < -0.3 is 10.2 Å². The van der Waals surface area contributed by atoms with Crippen LogP contribution < -0.4 is 10.2 Å². The van der Waals surface area contributed by atoms with Crippen molar-refractivity contribution >= 4 is 5.69 Å². The van der Waals surface area contributed by atoms with Gasteiger partial charge >= 0.3 is 0 Å². The number of piperidine rings is 1. The minimum Gasteiger partial charge on any atom is -0.378 e. The number of nitrogens with one attached hydrogen (secondary N) is 1. The second-order valence-corrected chi connectivity index (χ2v) is 5.87. The Hall–Kier alpha value is -1.06. The number of hydrogen-bond acceptors (Lipinski definition) is 3. The molecule has 0 spiro atoms. The average Bonchev–Trinajstić information content (AvgIpc) is 2.39. The van der Waals surface area contributed by atoms with E-state index in [1.54, 1.807) is 0 Å². The molecular formula is C16H27N3. The monoisotopic (exact) mass is 261 g/mol. The number of anilines is 1. The molecule has 1 N–H and O–H groups in total. The minimum absolute atomic E-state index is 0.553. The maximum atomic E-state index is 3.35. The first-order valence-electron chi connectivity index (χ1n) is 7.25. The summed E-state index contributed by atoms with van der Waals surface area (Å²) in [4.78, 5) is 4.66. The molecule has 0 bridgehead atoms. The molecule has 1 aliphatic heterocycles. The SMILES string of the molecule is CNCC1CCCN(C)C1c1ccc(N(C)C)cc1. The zero-order valence-corrected chi connectivity index (χ0v) is 12.7. The first-order chi connectivity index (χ1) is 9.13. The fraction of sp³-hybridized carbons (Fsp3) is 0.625. The van der Waals surface area contributed by atoms with Crippen LogP contribution in [0.25, 0.3) is 0 Å². The largest absolute Gasteiger partial charge is 0.378 e. The zero-order chi connectivity index (χ0) is 13.8. The highest BCUT2D eigenvalue weighted by Gasteiger charge is 2.29. The van der Waals surface area contributed by atoms with Crippen LogP contribution in [0.3, 0.4) is 0 Å². The Balaban J connectivity index is 2.20. The van der Waals surface area contributed by atoms with Gasteiger partial charge in [-0.2, -0.15) is 0 Å². The minimum atomic E-state index is 0.553. The van der Waals surface area contributed by atoms with Crippen molar-refractivity contribution < 1.29 is 0 Å². The van der Waals surface area contributed by atoms with Crippen LogP contribution in [0.15, 0.2) is 24.3 Å². The van der Waals surface area contributed by atoms with Gasteiger partial charge in [-0.25, -0.2) is 0 Å². The molecule has 0 aliphatic carbocycles. The summed E-state index contributed by atoms with van der Waals surface area (Å²) in [7, 11) is 8.49. The van der Waals surface area contributed by atoms with E-state index in [4.69, 9.17) is 0 Å². The van der Waals surface area contributed by atoms with Gasteiger partial charge in [0, 0.05) is 25.8 Å². The fourth-order valence-corrected chi connectivity index (χ4v) is 3.23. The predicted molar refractivity (Wildman–Crippen MR) is 82.8 cm³/mol. The maximum Gasteiger partial charge on any atom is 0.0385 e. The molecule has 1 fully saturated rings. The third-order valence-electron chi connectivity index (χ3n) is 4.22. The van der Waals surface area contributed by atoms with E-state index in [1.165, 1.54) is 30.6 Å². The Morgan fingerprint density at radius 1 is 1.26 bits per heavy atom. The first-order valence-corrected chi connectivity index (χ1v) is 7.25. The molecule has 0 radical (unpaired) electrons. The number of likely N-dealkylation sites (tertiary alicyclic amines) is 1. The summed E-state index contributed by atoms with van der Waals surface area (Å²) in [6.45, 7) is 2.31. The predicted octanol–water partition coefficient (Wildman–Crippen LogP) is 2.35. The molecule has 1 saturated heterocycles.